The van der Waals surface area contributed by atoms with E-state index in [-0.39, 0.29) is 22.9 Å². The van der Waals surface area contributed by atoms with Crippen molar-refractivity contribution in [1.29, 1.82) is 0 Å². The molecule has 1 fully saturated rings. The molecule has 0 aliphatic carbocycles. The lowest BCUT2D eigenvalue weighted by molar-refractivity contribution is -0.120. The molecule has 6 N–H and O–H groups in total. The van der Waals surface area contributed by atoms with Crippen LogP contribution in [0.25, 0.3) is 0 Å². The molecule has 184 valence electrons. The predicted octanol–water partition coefficient (Wildman–Crippen LogP) is 2.92. The van der Waals surface area contributed by atoms with Crippen molar-refractivity contribution in [2.24, 2.45) is 11.5 Å². The number of benzene rings is 1. The van der Waals surface area contributed by atoms with Gasteiger partial charge in [0.2, 0.25) is 11.9 Å². The topological polar surface area (TPSA) is 139 Å². The number of piperidine rings is 1. The van der Waals surface area contributed by atoms with E-state index >= 15 is 0 Å². The average Bonchev–Trinajstić information content (AvgIpc) is 2.72. The lowest BCUT2D eigenvalue weighted by atomic mass is 9.82. The Balaban J connectivity index is 2.06. The quantitative estimate of drug-likeness (QED) is 0.512. The molecule has 34 heavy (non-hydrogen) atoms. The zero-order chi connectivity index (χ0) is 25.3. The number of nitrogens with two attached hydrogens (primary N) is 2. The Morgan fingerprint density at radius 1 is 1.12 bits per heavy atom. The van der Waals surface area contributed by atoms with E-state index < -0.39 is 11.4 Å². The minimum absolute atomic E-state index is 0.0617. The van der Waals surface area contributed by atoms with Crippen LogP contribution >= 0.6 is 0 Å². The van der Waals surface area contributed by atoms with Gasteiger partial charge in [0, 0.05) is 37.9 Å². The Morgan fingerprint density at radius 2 is 1.79 bits per heavy atom. The minimum atomic E-state index is -0.616. The highest BCUT2D eigenvalue weighted by atomic mass is 16.1. The monoisotopic (exact) mass is 467 g/mol. The summed E-state index contributed by atoms with van der Waals surface area (Å²) in [6, 6.07) is 6.13. The summed E-state index contributed by atoms with van der Waals surface area (Å²) in [4.78, 5) is 35.0. The highest BCUT2D eigenvalue weighted by molar-refractivity contribution is 5.98. The third-order valence-corrected chi connectivity index (χ3v) is 6.05. The summed E-state index contributed by atoms with van der Waals surface area (Å²) < 4.78 is 0. The molecule has 1 aromatic carbocycles. The van der Waals surface area contributed by atoms with Crippen LogP contribution in [0.2, 0.25) is 0 Å². The Labute approximate surface area is 201 Å². The maximum Gasteiger partial charge on any atom is 0.254 e. The highest BCUT2D eigenvalue weighted by Crippen LogP contribution is 2.33. The summed E-state index contributed by atoms with van der Waals surface area (Å²) in [7, 11) is 0. The first-order chi connectivity index (χ1) is 15.8. The van der Waals surface area contributed by atoms with Gasteiger partial charge in [-0.15, -0.1) is 0 Å². The van der Waals surface area contributed by atoms with Gasteiger partial charge in [-0.2, -0.15) is 4.98 Å². The number of nitrogens with zero attached hydrogens (tertiary/aromatic N) is 3. The van der Waals surface area contributed by atoms with Crippen LogP contribution < -0.4 is 27.0 Å². The molecule has 3 rings (SSSR count). The van der Waals surface area contributed by atoms with Crippen molar-refractivity contribution in [3.05, 3.63) is 41.1 Å². The molecule has 1 aromatic heterocycles. The third-order valence-electron chi connectivity index (χ3n) is 6.05. The van der Waals surface area contributed by atoms with E-state index in [9.17, 15) is 9.59 Å². The molecule has 1 aliphatic rings. The lowest BCUT2D eigenvalue weighted by Crippen LogP contribution is -2.43. The maximum absolute atomic E-state index is 12.1. The Hall–Kier alpha value is -3.20. The number of hydrogen-bond donors (Lipinski definition) is 4. The maximum atomic E-state index is 12.1. The van der Waals surface area contributed by atoms with Crippen LogP contribution in [0.3, 0.4) is 0 Å². The van der Waals surface area contributed by atoms with Gasteiger partial charge in [0.15, 0.2) is 0 Å². The molecule has 0 saturated carbocycles. The van der Waals surface area contributed by atoms with Crippen molar-refractivity contribution in [3.8, 4) is 0 Å². The molecule has 0 spiro atoms. The standard InChI is InChI=1S/C25H37N7O2/c1-15(33)31-25(5,6)17-10-16(24(2,3)4)11-19(12-17)29-22-20(21(27)34)13-28-23(30-22)32-9-7-8-18(26)14-32/h10-13,18H,7-9,14,26H2,1-6H3,(H2,27,34)(H,31,33)(H,28,29,30)/t18-/m0/s1. The van der Waals surface area contributed by atoms with Gasteiger partial charge in [0.1, 0.15) is 11.4 Å². The number of rotatable bonds is 6. The first-order valence-corrected chi connectivity index (χ1v) is 11.7. The van der Waals surface area contributed by atoms with Crippen molar-refractivity contribution in [2.75, 3.05) is 23.3 Å². The minimum Gasteiger partial charge on any atom is -0.365 e. The largest absolute Gasteiger partial charge is 0.365 e. The zero-order valence-electron chi connectivity index (χ0n) is 21.0. The van der Waals surface area contributed by atoms with Crippen LogP contribution in [0.4, 0.5) is 17.5 Å². The second-order valence-corrected chi connectivity index (χ2v) is 10.6. The second kappa shape index (κ2) is 9.58. The average molecular weight is 468 g/mol. The van der Waals surface area contributed by atoms with E-state index in [4.69, 9.17) is 11.5 Å². The fraction of sp³-hybridized carbons (Fsp3) is 0.520. The number of carbonyl (C=O) groups is 2. The molecule has 2 aromatic rings. The van der Waals surface area contributed by atoms with Crippen LogP contribution in [0.15, 0.2) is 24.4 Å². The number of hydrogen-bond acceptors (Lipinski definition) is 7. The van der Waals surface area contributed by atoms with Gasteiger partial charge in [-0.1, -0.05) is 26.8 Å². The first-order valence-electron chi connectivity index (χ1n) is 11.7. The molecule has 9 nitrogen and oxygen atoms in total. The van der Waals surface area contributed by atoms with Gasteiger partial charge >= 0.3 is 0 Å². The molecule has 1 saturated heterocycles. The van der Waals surface area contributed by atoms with Crippen molar-refractivity contribution < 1.29 is 9.59 Å². The molecule has 9 heteroatoms. The molecule has 2 amide bonds. The van der Waals surface area contributed by atoms with Crippen LogP contribution in [0.1, 0.15) is 75.9 Å². The van der Waals surface area contributed by atoms with E-state index in [1.807, 2.05) is 30.9 Å². The molecule has 1 atom stereocenters. The van der Waals surface area contributed by atoms with Gasteiger partial charge in [-0.05, 0) is 55.4 Å². The van der Waals surface area contributed by atoms with E-state index in [2.05, 4.69) is 47.4 Å². The third kappa shape index (κ3) is 6.02. The summed E-state index contributed by atoms with van der Waals surface area (Å²) in [5, 5.41) is 6.31. The van der Waals surface area contributed by atoms with Crippen molar-refractivity contribution in [2.45, 2.75) is 71.4 Å². The van der Waals surface area contributed by atoms with Gasteiger partial charge in [0.05, 0.1) is 5.54 Å². The zero-order valence-corrected chi connectivity index (χ0v) is 21.0. The molecule has 0 bridgehead atoms. The van der Waals surface area contributed by atoms with Crippen LogP contribution in [-0.4, -0.2) is 40.9 Å². The normalized spacial score (nSPS) is 16.8. The summed E-state index contributed by atoms with van der Waals surface area (Å²) in [5.74, 6) is 0.117. The van der Waals surface area contributed by atoms with Crippen LogP contribution in [0, 0.1) is 0 Å². The van der Waals surface area contributed by atoms with E-state index in [0.717, 1.165) is 36.2 Å². The number of aromatic nitrogens is 2. The lowest BCUT2D eigenvalue weighted by Gasteiger charge is -2.31. The fourth-order valence-electron chi connectivity index (χ4n) is 4.13. The van der Waals surface area contributed by atoms with E-state index in [1.54, 1.807) is 0 Å². The van der Waals surface area contributed by atoms with Crippen LogP contribution in [-0.2, 0) is 15.7 Å². The van der Waals surface area contributed by atoms with E-state index in [0.29, 0.717) is 18.3 Å². The van der Waals surface area contributed by atoms with Gasteiger partial charge in [0.25, 0.3) is 5.91 Å². The van der Waals surface area contributed by atoms with Gasteiger partial charge in [-0.25, -0.2) is 4.98 Å². The molecule has 0 unspecified atom stereocenters. The number of primary amides is 1. The molecular formula is C25H37N7O2. The fourth-order valence-corrected chi connectivity index (χ4v) is 4.13. The Bertz CT molecular complexity index is 1080. The van der Waals surface area contributed by atoms with Crippen molar-refractivity contribution in [3.63, 3.8) is 0 Å². The molecule has 1 aliphatic heterocycles. The van der Waals surface area contributed by atoms with Crippen molar-refractivity contribution in [1.82, 2.24) is 15.3 Å². The molecular weight excluding hydrogens is 430 g/mol. The summed E-state index contributed by atoms with van der Waals surface area (Å²) in [6.07, 6.45) is 3.39. The molecule has 2 heterocycles. The molecule has 0 radical (unpaired) electrons. The van der Waals surface area contributed by atoms with Crippen molar-refractivity contribution >= 4 is 29.3 Å². The smallest absolute Gasteiger partial charge is 0.254 e. The summed E-state index contributed by atoms with van der Waals surface area (Å²) in [6.45, 7) is 13.2. The van der Waals surface area contributed by atoms with Gasteiger partial charge < -0.3 is 27.0 Å². The van der Waals surface area contributed by atoms with Gasteiger partial charge in [-0.3, -0.25) is 9.59 Å². The number of nitrogens with one attached hydrogen (secondary N) is 2. The number of carbonyl (C=O) groups excluding carboxylic acids is 2. The van der Waals surface area contributed by atoms with Crippen LogP contribution in [0.5, 0.6) is 0 Å². The SMILES string of the molecule is CC(=O)NC(C)(C)c1cc(Nc2nc(N3CCC[C@H](N)C3)ncc2C(N)=O)cc(C(C)(C)C)c1. The Morgan fingerprint density at radius 3 is 2.38 bits per heavy atom. The number of amides is 2. The first kappa shape index (κ1) is 25.4. The Kier molecular flexibility index (Phi) is 7.16. The highest BCUT2D eigenvalue weighted by Gasteiger charge is 2.26. The number of anilines is 3. The second-order valence-electron chi connectivity index (χ2n) is 10.6. The predicted molar refractivity (Wildman–Crippen MR) is 135 cm³/mol. The summed E-state index contributed by atoms with van der Waals surface area (Å²) >= 11 is 0. The van der Waals surface area contributed by atoms with E-state index in [1.165, 1.54) is 13.1 Å². The summed E-state index contributed by atoms with van der Waals surface area (Å²) in [5.41, 5.74) is 14.0.